The monoisotopic (exact) mass is 247 g/mol. The summed E-state index contributed by atoms with van der Waals surface area (Å²) in [7, 11) is 0. The molecule has 0 saturated heterocycles. The molecule has 0 bridgehead atoms. The maximum Gasteiger partial charge on any atom is 0.0468 e. The van der Waals surface area contributed by atoms with Crippen LogP contribution >= 0.6 is 22.6 Å². The molecule has 0 amide bonds. The molecule has 0 atom stereocenters. The standard InChI is InChI=1S/C8H10IN/c1-5-7(9)4-8(10-5)6-2-3-6/h6H,2-4H2,1H3. The zero-order chi connectivity index (χ0) is 7.14. The molecule has 0 aromatic heterocycles. The van der Waals surface area contributed by atoms with E-state index in [1.165, 1.54) is 27.8 Å². The van der Waals surface area contributed by atoms with Crippen LogP contribution in [-0.4, -0.2) is 5.71 Å². The van der Waals surface area contributed by atoms with Crippen molar-refractivity contribution in [3.63, 3.8) is 0 Å². The number of hydrogen-bond donors (Lipinski definition) is 0. The lowest BCUT2D eigenvalue weighted by Crippen LogP contribution is -1.95. The second-order valence-electron chi connectivity index (χ2n) is 3.04. The molecule has 54 valence electrons. The first kappa shape index (κ1) is 6.83. The Hall–Kier alpha value is 0.140. The highest BCUT2D eigenvalue weighted by molar-refractivity contribution is 14.1. The molecule has 1 heterocycles. The van der Waals surface area contributed by atoms with Gasteiger partial charge in [-0.15, -0.1) is 0 Å². The van der Waals surface area contributed by atoms with E-state index in [9.17, 15) is 0 Å². The minimum absolute atomic E-state index is 0.863. The summed E-state index contributed by atoms with van der Waals surface area (Å²) in [6, 6.07) is 0. The Morgan fingerprint density at radius 3 is 2.60 bits per heavy atom. The average Bonchev–Trinajstić information content (AvgIpc) is 2.64. The lowest BCUT2D eigenvalue weighted by molar-refractivity contribution is 1.15. The molecule has 0 radical (unpaired) electrons. The molecule has 0 aromatic carbocycles. The van der Waals surface area contributed by atoms with Crippen molar-refractivity contribution in [3.8, 4) is 0 Å². The molecule has 0 unspecified atom stereocenters. The van der Waals surface area contributed by atoms with Crippen LogP contribution in [0, 0.1) is 5.92 Å². The fourth-order valence-electron chi connectivity index (χ4n) is 1.25. The normalized spacial score (nSPS) is 25.6. The zero-order valence-electron chi connectivity index (χ0n) is 6.02. The van der Waals surface area contributed by atoms with Crippen LogP contribution in [0.5, 0.6) is 0 Å². The number of aliphatic imine (C=N–C) groups is 1. The number of nitrogens with zero attached hydrogens (tertiary/aromatic N) is 1. The molecule has 1 saturated carbocycles. The van der Waals surface area contributed by atoms with Gasteiger partial charge in [0.25, 0.3) is 0 Å². The number of rotatable bonds is 1. The van der Waals surface area contributed by atoms with Gasteiger partial charge < -0.3 is 0 Å². The summed E-state index contributed by atoms with van der Waals surface area (Å²) in [5.74, 6) is 0.863. The van der Waals surface area contributed by atoms with Crippen LogP contribution in [0.15, 0.2) is 14.3 Å². The van der Waals surface area contributed by atoms with Crippen molar-refractivity contribution in [1.29, 1.82) is 0 Å². The van der Waals surface area contributed by atoms with E-state index < -0.39 is 0 Å². The fraction of sp³-hybridized carbons (Fsp3) is 0.625. The van der Waals surface area contributed by atoms with Gasteiger partial charge in [-0.2, -0.15) is 0 Å². The molecular weight excluding hydrogens is 237 g/mol. The van der Waals surface area contributed by atoms with E-state index in [0.29, 0.717) is 0 Å². The minimum atomic E-state index is 0.863. The summed E-state index contributed by atoms with van der Waals surface area (Å²) < 4.78 is 1.44. The van der Waals surface area contributed by atoms with E-state index in [0.717, 1.165) is 12.3 Å². The highest BCUT2D eigenvalue weighted by Gasteiger charge is 2.30. The van der Waals surface area contributed by atoms with Crippen LogP contribution < -0.4 is 0 Å². The molecule has 1 nitrogen and oxygen atoms in total. The molecule has 1 aliphatic carbocycles. The Balaban J connectivity index is 2.12. The van der Waals surface area contributed by atoms with Gasteiger partial charge >= 0.3 is 0 Å². The summed E-state index contributed by atoms with van der Waals surface area (Å²) >= 11 is 2.40. The van der Waals surface area contributed by atoms with Crippen molar-refractivity contribution in [2.24, 2.45) is 10.9 Å². The summed E-state index contributed by atoms with van der Waals surface area (Å²) in [6.07, 6.45) is 3.92. The number of allylic oxidation sites excluding steroid dienone is 2. The van der Waals surface area contributed by atoms with Crippen molar-refractivity contribution in [2.45, 2.75) is 26.2 Å². The third kappa shape index (κ3) is 1.13. The van der Waals surface area contributed by atoms with Crippen LogP contribution in [0.25, 0.3) is 0 Å². The smallest absolute Gasteiger partial charge is 0.0468 e. The largest absolute Gasteiger partial charge is 0.261 e. The van der Waals surface area contributed by atoms with Gasteiger partial charge in [0.2, 0.25) is 0 Å². The summed E-state index contributed by atoms with van der Waals surface area (Å²) in [5.41, 5.74) is 2.70. The molecule has 1 fully saturated rings. The second-order valence-corrected chi connectivity index (χ2v) is 4.35. The number of halogens is 1. The van der Waals surface area contributed by atoms with Gasteiger partial charge in [0.15, 0.2) is 0 Å². The van der Waals surface area contributed by atoms with Gasteiger partial charge in [-0.25, -0.2) is 0 Å². The van der Waals surface area contributed by atoms with Gasteiger partial charge in [-0.1, -0.05) is 0 Å². The molecule has 0 spiro atoms. The van der Waals surface area contributed by atoms with Gasteiger partial charge in [0.05, 0.1) is 0 Å². The van der Waals surface area contributed by atoms with Crippen LogP contribution in [0.3, 0.4) is 0 Å². The molecule has 2 heteroatoms. The van der Waals surface area contributed by atoms with Crippen LogP contribution in [0.2, 0.25) is 0 Å². The van der Waals surface area contributed by atoms with Crippen LogP contribution in [0.1, 0.15) is 26.2 Å². The molecule has 2 rings (SSSR count). The SMILES string of the molecule is CC1=C(I)CC(C2CC2)=N1. The van der Waals surface area contributed by atoms with Gasteiger partial charge in [0.1, 0.15) is 0 Å². The Morgan fingerprint density at radius 1 is 1.50 bits per heavy atom. The van der Waals surface area contributed by atoms with Crippen LogP contribution in [0.4, 0.5) is 0 Å². The third-order valence-electron chi connectivity index (χ3n) is 2.09. The first-order chi connectivity index (χ1) is 4.77. The minimum Gasteiger partial charge on any atom is -0.261 e. The van der Waals surface area contributed by atoms with E-state index in [2.05, 4.69) is 34.5 Å². The molecule has 0 aromatic rings. The Bertz CT molecular complexity index is 223. The van der Waals surface area contributed by atoms with E-state index in [1.54, 1.807) is 0 Å². The van der Waals surface area contributed by atoms with Gasteiger partial charge in [0, 0.05) is 21.4 Å². The van der Waals surface area contributed by atoms with Crippen molar-refractivity contribution in [1.82, 2.24) is 0 Å². The van der Waals surface area contributed by atoms with E-state index in [1.807, 2.05) is 0 Å². The molecule has 1 aliphatic heterocycles. The van der Waals surface area contributed by atoms with E-state index in [4.69, 9.17) is 0 Å². The molecule has 10 heavy (non-hydrogen) atoms. The van der Waals surface area contributed by atoms with E-state index >= 15 is 0 Å². The van der Waals surface area contributed by atoms with E-state index in [-0.39, 0.29) is 0 Å². The Kier molecular flexibility index (Phi) is 1.59. The fourth-order valence-corrected chi connectivity index (χ4v) is 1.77. The summed E-state index contributed by atoms with van der Waals surface area (Å²) in [5, 5.41) is 0. The summed E-state index contributed by atoms with van der Waals surface area (Å²) in [6.45, 7) is 2.11. The zero-order valence-corrected chi connectivity index (χ0v) is 8.18. The molecule has 2 aliphatic rings. The Labute approximate surface area is 74.7 Å². The Morgan fingerprint density at radius 2 is 2.20 bits per heavy atom. The molecule has 0 N–H and O–H groups in total. The highest BCUT2D eigenvalue weighted by atomic mass is 127. The van der Waals surface area contributed by atoms with Crippen molar-refractivity contribution in [3.05, 3.63) is 9.28 Å². The summed E-state index contributed by atoms with van der Waals surface area (Å²) in [4.78, 5) is 4.52. The predicted octanol–water partition coefficient (Wildman–Crippen LogP) is 2.91. The first-order valence-electron chi connectivity index (χ1n) is 3.70. The highest BCUT2D eigenvalue weighted by Crippen LogP contribution is 2.38. The maximum atomic E-state index is 4.52. The molecular formula is C8H10IN. The lowest BCUT2D eigenvalue weighted by atomic mass is 10.2. The topological polar surface area (TPSA) is 12.4 Å². The van der Waals surface area contributed by atoms with Crippen molar-refractivity contribution in [2.75, 3.05) is 0 Å². The third-order valence-corrected chi connectivity index (χ3v) is 3.25. The first-order valence-corrected chi connectivity index (χ1v) is 4.78. The average molecular weight is 247 g/mol. The predicted molar refractivity (Wildman–Crippen MR) is 51.5 cm³/mol. The van der Waals surface area contributed by atoms with Gasteiger partial charge in [-0.3, -0.25) is 4.99 Å². The van der Waals surface area contributed by atoms with Crippen molar-refractivity contribution >= 4 is 28.3 Å². The lowest BCUT2D eigenvalue weighted by Gasteiger charge is -1.92. The number of hydrogen-bond acceptors (Lipinski definition) is 1. The maximum absolute atomic E-state index is 4.52. The van der Waals surface area contributed by atoms with Crippen molar-refractivity contribution < 1.29 is 0 Å². The quantitative estimate of drug-likeness (QED) is 0.632. The van der Waals surface area contributed by atoms with Crippen LogP contribution in [-0.2, 0) is 0 Å². The second kappa shape index (κ2) is 2.32. The van der Waals surface area contributed by atoms with Gasteiger partial charge in [-0.05, 0) is 48.3 Å².